The summed E-state index contributed by atoms with van der Waals surface area (Å²) in [6, 6.07) is 9.39. The molecule has 0 unspecified atom stereocenters. The molecule has 0 spiro atoms. The van der Waals surface area contributed by atoms with Gasteiger partial charge in [-0.2, -0.15) is 5.26 Å². The summed E-state index contributed by atoms with van der Waals surface area (Å²) in [7, 11) is 0. The molecule has 0 bridgehead atoms. The van der Waals surface area contributed by atoms with Gasteiger partial charge in [-0.1, -0.05) is 12.1 Å². The normalized spacial score (nSPS) is 11.1. The van der Waals surface area contributed by atoms with Crippen LogP contribution in [0.1, 0.15) is 20.8 Å². The molecule has 2 rings (SSSR count). The van der Waals surface area contributed by atoms with Crippen LogP contribution in [0.15, 0.2) is 41.3 Å². The Balaban J connectivity index is 2.36. The van der Waals surface area contributed by atoms with Crippen molar-refractivity contribution in [1.82, 2.24) is 0 Å². The third-order valence-corrected chi connectivity index (χ3v) is 3.63. The van der Waals surface area contributed by atoms with E-state index in [1.807, 2.05) is 24.4 Å². The molecule has 2 aromatic rings. The number of carbonyl (C=O) groups is 1. The Hall–Kier alpha value is -2.25. The molecule has 0 radical (unpaired) electrons. The summed E-state index contributed by atoms with van der Waals surface area (Å²) in [6.45, 7) is 1.83. The van der Waals surface area contributed by atoms with Gasteiger partial charge in [0.25, 0.3) is 0 Å². The van der Waals surface area contributed by atoms with Gasteiger partial charge in [0.15, 0.2) is 0 Å². The zero-order chi connectivity index (χ0) is 13.8. The molecule has 1 aromatic heterocycles. The first-order chi connectivity index (χ1) is 9.11. The predicted molar refractivity (Wildman–Crippen MR) is 73.4 cm³/mol. The number of aryl methyl sites for hydroxylation is 1. The standard InChI is InChI=1S/C15H10FNOS/c1-10-6-7-19-15(10)14(18)12(9-17)8-11-2-4-13(16)5-3-11/h2-8H,1H3/b12-8-. The third kappa shape index (κ3) is 2.95. The maximum atomic E-state index is 12.8. The lowest BCUT2D eigenvalue weighted by atomic mass is 10.1. The maximum Gasteiger partial charge on any atom is 0.213 e. The average Bonchev–Trinajstić information content (AvgIpc) is 2.83. The van der Waals surface area contributed by atoms with Crippen molar-refractivity contribution >= 4 is 23.2 Å². The van der Waals surface area contributed by atoms with Crippen LogP contribution >= 0.6 is 11.3 Å². The molecule has 0 amide bonds. The first-order valence-corrected chi connectivity index (χ1v) is 6.46. The van der Waals surface area contributed by atoms with E-state index in [-0.39, 0.29) is 17.2 Å². The summed E-state index contributed by atoms with van der Waals surface area (Å²) < 4.78 is 12.8. The minimum atomic E-state index is -0.351. The number of rotatable bonds is 3. The van der Waals surface area contributed by atoms with E-state index in [1.54, 1.807) is 0 Å². The molecule has 0 fully saturated rings. The molecule has 4 heteroatoms. The highest BCUT2D eigenvalue weighted by Gasteiger charge is 2.15. The highest BCUT2D eigenvalue weighted by Crippen LogP contribution is 2.20. The Morgan fingerprint density at radius 1 is 1.32 bits per heavy atom. The number of nitriles is 1. The molecular formula is C15H10FNOS. The SMILES string of the molecule is Cc1ccsc1C(=O)/C(C#N)=C\c1ccc(F)cc1. The molecule has 19 heavy (non-hydrogen) atoms. The van der Waals surface area contributed by atoms with Crippen LogP contribution in [0.3, 0.4) is 0 Å². The molecule has 0 N–H and O–H groups in total. The number of thiophene rings is 1. The molecule has 0 aliphatic carbocycles. The minimum absolute atomic E-state index is 0.0529. The number of nitrogens with zero attached hydrogens (tertiary/aromatic N) is 1. The van der Waals surface area contributed by atoms with Gasteiger partial charge in [0.1, 0.15) is 17.5 Å². The number of Topliss-reactive ketones (excluding diaryl/α,β-unsaturated/α-hetero) is 1. The number of benzene rings is 1. The van der Waals surface area contributed by atoms with E-state index in [9.17, 15) is 9.18 Å². The Labute approximate surface area is 114 Å². The Morgan fingerprint density at radius 2 is 2.00 bits per heavy atom. The molecular weight excluding hydrogens is 261 g/mol. The van der Waals surface area contributed by atoms with Crippen molar-refractivity contribution in [2.75, 3.05) is 0 Å². The minimum Gasteiger partial charge on any atom is -0.287 e. The lowest BCUT2D eigenvalue weighted by molar-refractivity contribution is 0.104. The molecule has 0 saturated carbocycles. The summed E-state index contributed by atoms with van der Waals surface area (Å²) in [5.41, 5.74) is 1.54. The summed E-state index contributed by atoms with van der Waals surface area (Å²) in [5.74, 6) is -0.643. The van der Waals surface area contributed by atoms with Gasteiger partial charge in [0, 0.05) is 0 Å². The fraction of sp³-hybridized carbons (Fsp3) is 0.0667. The van der Waals surface area contributed by atoms with Gasteiger partial charge in [-0.15, -0.1) is 11.3 Å². The maximum absolute atomic E-state index is 12.8. The van der Waals surface area contributed by atoms with E-state index in [2.05, 4.69) is 0 Å². The zero-order valence-electron chi connectivity index (χ0n) is 10.2. The van der Waals surface area contributed by atoms with Crippen molar-refractivity contribution < 1.29 is 9.18 Å². The fourth-order valence-corrected chi connectivity index (χ4v) is 2.48. The van der Waals surface area contributed by atoms with Crippen molar-refractivity contribution in [1.29, 1.82) is 5.26 Å². The van der Waals surface area contributed by atoms with Crippen LogP contribution in [0.25, 0.3) is 6.08 Å². The number of hydrogen-bond acceptors (Lipinski definition) is 3. The largest absolute Gasteiger partial charge is 0.287 e. The predicted octanol–water partition coefficient (Wildman–Crippen LogP) is 3.99. The van der Waals surface area contributed by atoms with Gasteiger partial charge in [-0.3, -0.25) is 4.79 Å². The fourth-order valence-electron chi connectivity index (χ4n) is 1.60. The zero-order valence-corrected chi connectivity index (χ0v) is 11.0. The number of halogens is 1. The summed E-state index contributed by atoms with van der Waals surface area (Å²) in [5, 5.41) is 10.9. The second-order valence-corrected chi connectivity index (χ2v) is 4.90. The molecule has 0 saturated heterocycles. The molecule has 0 aliphatic rings. The van der Waals surface area contributed by atoms with Crippen LogP contribution in [-0.2, 0) is 0 Å². The summed E-state index contributed by atoms with van der Waals surface area (Å²) >= 11 is 1.31. The molecule has 0 aliphatic heterocycles. The first kappa shape index (κ1) is 13.2. The van der Waals surface area contributed by atoms with Gasteiger partial charge in [-0.25, -0.2) is 4.39 Å². The quantitative estimate of drug-likeness (QED) is 0.481. The van der Waals surface area contributed by atoms with Gasteiger partial charge in [-0.05, 0) is 47.7 Å². The molecule has 1 aromatic carbocycles. The second kappa shape index (κ2) is 5.59. The van der Waals surface area contributed by atoms with Crippen molar-refractivity contribution in [3.8, 4) is 6.07 Å². The lowest BCUT2D eigenvalue weighted by Crippen LogP contribution is -2.01. The van der Waals surface area contributed by atoms with E-state index >= 15 is 0 Å². The summed E-state index contributed by atoms with van der Waals surface area (Å²) in [4.78, 5) is 12.7. The van der Waals surface area contributed by atoms with Gasteiger partial charge >= 0.3 is 0 Å². The first-order valence-electron chi connectivity index (χ1n) is 5.58. The van der Waals surface area contributed by atoms with E-state index < -0.39 is 0 Å². The Kier molecular flexibility index (Phi) is 3.88. The smallest absolute Gasteiger partial charge is 0.213 e. The topological polar surface area (TPSA) is 40.9 Å². The molecule has 0 atom stereocenters. The van der Waals surface area contributed by atoms with Crippen molar-refractivity contribution in [2.45, 2.75) is 6.92 Å². The average molecular weight is 271 g/mol. The van der Waals surface area contributed by atoms with E-state index in [0.717, 1.165) is 5.56 Å². The lowest BCUT2D eigenvalue weighted by Gasteiger charge is -1.99. The molecule has 1 heterocycles. The van der Waals surface area contributed by atoms with Crippen LogP contribution in [0.5, 0.6) is 0 Å². The van der Waals surface area contributed by atoms with Crippen LogP contribution < -0.4 is 0 Å². The van der Waals surface area contributed by atoms with Crippen molar-refractivity contribution in [3.63, 3.8) is 0 Å². The van der Waals surface area contributed by atoms with Crippen LogP contribution in [0.4, 0.5) is 4.39 Å². The number of allylic oxidation sites excluding steroid dienone is 1. The Morgan fingerprint density at radius 3 is 2.53 bits per heavy atom. The molecule has 2 nitrogen and oxygen atoms in total. The van der Waals surface area contributed by atoms with E-state index in [4.69, 9.17) is 5.26 Å². The molecule has 94 valence electrons. The Bertz CT molecular complexity index is 677. The monoisotopic (exact) mass is 271 g/mol. The van der Waals surface area contributed by atoms with E-state index in [1.165, 1.54) is 41.7 Å². The second-order valence-electron chi connectivity index (χ2n) is 3.98. The van der Waals surface area contributed by atoms with Crippen molar-refractivity contribution in [3.05, 3.63) is 63.1 Å². The van der Waals surface area contributed by atoms with Crippen LogP contribution in [0.2, 0.25) is 0 Å². The van der Waals surface area contributed by atoms with Crippen molar-refractivity contribution in [2.24, 2.45) is 0 Å². The highest BCUT2D eigenvalue weighted by molar-refractivity contribution is 7.12. The summed E-state index contributed by atoms with van der Waals surface area (Å²) in [6.07, 6.45) is 1.47. The number of carbonyl (C=O) groups excluding carboxylic acids is 1. The van der Waals surface area contributed by atoms with Crippen LogP contribution in [-0.4, -0.2) is 5.78 Å². The highest BCUT2D eigenvalue weighted by atomic mass is 32.1. The van der Waals surface area contributed by atoms with Gasteiger partial charge in [0.2, 0.25) is 5.78 Å². The van der Waals surface area contributed by atoms with Gasteiger partial charge in [0.05, 0.1) is 4.88 Å². The van der Waals surface area contributed by atoms with Gasteiger partial charge < -0.3 is 0 Å². The number of hydrogen-bond donors (Lipinski definition) is 0. The van der Waals surface area contributed by atoms with E-state index in [0.29, 0.717) is 10.4 Å². The third-order valence-electron chi connectivity index (χ3n) is 2.61. The number of ketones is 1. The van der Waals surface area contributed by atoms with Crippen LogP contribution in [0, 0.1) is 24.1 Å².